The molecule has 4 aromatic rings. The lowest BCUT2D eigenvalue weighted by atomic mass is 10.0. The average Bonchev–Trinajstić information content (AvgIpc) is 2.85. The number of fused-ring (bicyclic) bond motifs is 1. The molecule has 36 heavy (non-hydrogen) atoms. The second-order valence-corrected chi connectivity index (χ2v) is 8.65. The van der Waals surface area contributed by atoms with Crippen molar-refractivity contribution in [2.75, 3.05) is 11.1 Å². The molecule has 1 aromatic carbocycles. The Morgan fingerprint density at radius 1 is 1.17 bits per heavy atom. The molecule has 3 aromatic heterocycles. The third kappa shape index (κ3) is 5.24. The van der Waals surface area contributed by atoms with Gasteiger partial charge < -0.3 is 16.4 Å². The minimum atomic E-state index is -0.635. The Morgan fingerprint density at radius 3 is 2.72 bits per heavy atom. The van der Waals surface area contributed by atoms with Crippen molar-refractivity contribution in [3.05, 3.63) is 87.5 Å². The summed E-state index contributed by atoms with van der Waals surface area (Å²) >= 11 is 6.07. The molecule has 0 saturated carbocycles. The zero-order valence-electron chi connectivity index (χ0n) is 19.7. The highest BCUT2D eigenvalue weighted by Crippen LogP contribution is 2.22. The van der Waals surface area contributed by atoms with E-state index in [2.05, 4.69) is 25.6 Å². The number of pyridine rings is 3. The summed E-state index contributed by atoms with van der Waals surface area (Å²) in [6, 6.07) is 12.9. The fourth-order valence-corrected chi connectivity index (χ4v) is 4.10. The normalized spacial score (nSPS) is 10.6. The molecule has 9 nitrogen and oxygen atoms in total. The van der Waals surface area contributed by atoms with Crippen LogP contribution in [0.2, 0.25) is 5.02 Å². The SMILES string of the molecule is Cc1cc(N)nc(C)c1CNC(=O)C(=N)c1c(NCc2ccc3ncc(Cl)cc3c2)ccnc1C#N. The van der Waals surface area contributed by atoms with Crippen LogP contribution in [-0.2, 0) is 17.9 Å². The molecule has 1 amide bonds. The van der Waals surface area contributed by atoms with Crippen LogP contribution in [-0.4, -0.2) is 26.6 Å². The first-order valence-electron chi connectivity index (χ1n) is 11.0. The van der Waals surface area contributed by atoms with Crippen LogP contribution in [0.4, 0.5) is 11.5 Å². The highest BCUT2D eigenvalue weighted by Gasteiger charge is 2.21. The lowest BCUT2D eigenvalue weighted by molar-refractivity contribution is -0.114. The predicted octanol–water partition coefficient (Wildman–Crippen LogP) is 4.05. The molecule has 0 saturated heterocycles. The second-order valence-electron chi connectivity index (χ2n) is 8.21. The van der Waals surface area contributed by atoms with E-state index in [-0.39, 0.29) is 23.5 Å². The van der Waals surface area contributed by atoms with Gasteiger partial charge in [-0.3, -0.25) is 15.2 Å². The van der Waals surface area contributed by atoms with Crippen molar-refractivity contribution in [2.45, 2.75) is 26.9 Å². The van der Waals surface area contributed by atoms with E-state index in [1.54, 1.807) is 18.3 Å². The molecule has 0 radical (unpaired) electrons. The van der Waals surface area contributed by atoms with Crippen LogP contribution in [0.15, 0.2) is 48.8 Å². The Balaban J connectivity index is 1.54. The van der Waals surface area contributed by atoms with Gasteiger partial charge >= 0.3 is 0 Å². The zero-order valence-corrected chi connectivity index (χ0v) is 20.4. The van der Waals surface area contributed by atoms with Crippen LogP contribution >= 0.6 is 11.6 Å². The molecular formula is C26H23ClN8O. The number of nitrogens with zero attached hydrogens (tertiary/aromatic N) is 4. The van der Waals surface area contributed by atoms with Crippen LogP contribution in [0.3, 0.4) is 0 Å². The Kier molecular flexibility index (Phi) is 7.08. The number of nitriles is 1. The Morgan fingerprint density at radius 2 is 1.97 bits per heavy atom. The number of nitrogens with two attached hydrogens (primary N) is 1. The molecule has 0 aliphatic rings. The van der Waals surface area contributed by atoms with Gasteiger partial charge in [0.2, 0.25) is 0 Å². The monoisotopic (exact) mass is 498 g/mol. The molecule has 4 rings (SSSR count). The summed E-state index contributed by atoms with van der Waals surface area (Å²) in [4.78, 5) is 25.5. The summed E-state index contributed by atoms with van der Waals surface area (Å²) in [6.45, 7) is 4.25. The molecule has 0 bridgehead atoms. The van der Waals surface area contributed by atoms with E-state index in [1.807, 2.05) is 44.2 Å². The average molecular weight is 499 g/mol. The number of carbonyl (C=O) groups is 1. The van der Waals surface area contributed by atoms with Crippen molar-refractivity contribution >= 4 is 45.6 Å². The number of amides is 1. The van der Waals surface area contributed by atoms with Gasteiger partial charge in [-0.1, -0.05) is 17.7 Å². The molecule has 0 spiro atoms. The summed E-state index contributed by atoms with van der Waals surface area (Å²) in [5, 5.41) is 25.6. The third-order valence-electron chi connectivity index (χ3n) is 5.73. The number of hydrogen-bond donors (Lipinski definition) is 4. The van der Waals surface area contributed by atoms with Crippen molar-refractivity contribution in [3.63, 3.8) is 0 Å². The summed E-state index contributed by atoms with van der Waals surface area (Å²) in [5.41, 5.74) is 10.1. The third-order valence-corrected chi connectivity index (χ3v) is 5.94. The number of aromatic nitrogens is 3. The topological polar surface area (TPSA) is 153 Å². The molecule has 0 unspecified atom stereocenters. The van der Waals surface area contributed by atoms with Gasteiger partial charge in [0.05, 0.1) is 16.1 Å². The molecule has 0 atom stereocenters. The largest absolute Gasteiger partial charge is 0.384 e. The first kappa shape index (κ1) is 24.6. The van der Waals surface area contributed by atoms with Gasteiger partial charge in [0, 0.05) is 42.3 Å². The van der Waals surface area contributed by atoms with E-state index in [9.17, 15) is 10.1 Å². The maximum atomic E-state index is 12.9. The Bertz CT molecular complexity index is 1520. The first-order chi connectivity index (χ1) is 17.3. The lowest BCUT2D eigenvalue weighted by Gasteiger charge is -2.15. The maximum absolute atomic E-state index is 12.9. The molecular weight excluding hydrogens is 476 g/mol. The number of carbonyl (C=O) groups excluding carboxylic acids is 1. The fourth-order valence-electron chi connectivity index (χ4n) is 3.93. The van der Waals surface area contributed by atoms with Crippen LogP contribution in [0, 0.1) is 30.6 Å². The Hall–Kier alpha value is -4.55. The van der Waals surface area contributed by atoms with Crippen LogP contribution < -0.4 is 16.4 Å². The lowest BCUT2D eigenvalue weighted by Crippen LogP contribution is -2.32. The zero-order chi connectivity index (χ0) is 25.8. The van der Waals surface area contributed by atoms with Crippen molar-refractivity contribution in [3.8, 4) is 6.07 Å². The molecule has 0 aliphatic heterocycles. The quantitative estimate of drug-likeness (QED) is 0.280. The van der Waals surface area contributed by atoms with Gasteiger partial charge in [-0.15, -0.1) is 0 Å². The number of hydrogen-bond acceptors (Lipinski definition) is 8. The van der Waals surface area contributed by atoms with E-state index in [1.165, 1.54) is 6.20 Å². The van der Waals surface area contributed by atoms with Crippen LogP contribution in [0.25, 0.3) is 10.9 Å². The molecule has 0 fully saturated rings. The molecule has 5 N–H and O–H groups in total. The van der Waals surface area contributed by atoms with Gasteiger partial charge in [-0.25, -0.2) is 9.97 Å². The number of anilines is 2. The van der Waals surface area contributed by atoms with E-state index < -0.39 is 5.91 Å². The van der Waals surface area contributed by atoms with Crippen molar-refractivity contribution in [1.29, 1.82) is 10.7 Å². The molecule has 0 aliphatic carbocycles. The molecule has 10 heteroatoms. The predicted molar refractivity (Wildman–Crippen MR) is 140 cm³/mol. The van der Waals surface area contributed by atoms with Gasteiger partial charge in [-0.2, -0.15) is 5.26 Å². The minimum absolute atomic E-state index is 0.0174. The smallest absolute Gasteiger partial charge is 0.270 e. The molecule has 3 heterocycles. The van der Waals surface area contributed by atoms with Crippen molar-refractivity contribution in [2.24, 2.45) is 0 Å². The summed E-state index contributed by atoms with van der Waals surface area (Å²) in [5.74, 6) is -0.229. The number of halogens is 1. The summed E-state index contributed by atoms with van der Waals surface area (Å²) in [6.07, 6.45) is 3.06. The number of nitrogens with one attached hydrogen (secondary N) is 3. The maximum Gasteiger partial charge on any atom is 0.270 e. The number of aryl methyl sites for hydroxylation is 2. The van der Waals surface area contributed by atoms with E-state index in [4.69, 9.17) is 22.7 Å². The number of rotatable bonds is 7. The van der Waals surface area contributed by atoms with E-state index >= 15 is 0 Å². The van der Waals surface area contributed by atoms with Gasteiger partial charge in [0.25, 0.3) is 5.91 Å². The number of nitrogen functional groups attached to an aromatic ring is 1. The van der Waals surface area contributed by atoms with Crippen molar-refractivity contribution in [1.82, 2.24) is 20.3 Å². The highest BCUT2D eigenvalue weighted by molar-refractivity contribution is 6.45. The molecule has 180 valence electrons. The van der Waals surface area contributed by atoms with E-state index in [0.717, 1.165) is 27.6 Å². The standard InChI is InChI=1S/C26H23ClN8O/c1-14-7-23(29)35-15(2)19(14)13-34-26(36)25(30)24-21(5-6-31-22(24)10-28)32-11-16-3-4-20-17(8-16)9-18(27)12-33-20/h3-9,12,30H,11,13H2,1-2H3,(H2,29,35)(H,31,32)(H,34,36). The summed E-state index contributed by atoms with van der Waals surface area (Å²) in [7, 11) is 0. The van der Waals surface area contributed by atoms with Gasteiger partial charge in [0.1, 0.15) is 17.6 Å². The Labute approximate surface area is 212 Å². The van der Waals surface area contributed by atoms with E-state index in [0.29, 0.717) is 28.8 Å². The first-order valence-corrected chi connectivity index (χ1v) is 11.4. The fraction of sp³-hybridized carbons (Fsp3) is 0.154. The minimum Gasteiger partial charge on any atom is -0.384 e. The highest BCUT2D eigenvalue weighted by atomic mass is 35.5. The second kappa shape index (κ2) is 10.4. The van der Waals surface area contributed by atoms with Crippen molar-refractivity contribution < 1.29 is 4.79 Å². The van der Waals surface area contributed by atoms with Gasteiger partial charge in [0.15, 0.2) is 5.69 Å². The number of benzene rings is 1. The van der Waals surface area contributed by atoms with Gasteiger partial charge in [-0.05, 0) is 60.9 Å². The van der Waals surface area contributed by atoms with Crippen LogP contribution in [0.1, 0.15) is 33.6 Å². The van der Waals surface area contributed by atoms with Crippen LogP contribution in [0.5, 0.6) is 0 Å². The summed E-state index contributed by atoms with van der Waals surface area (Å²) < 4.78 is 0.